The van der Waals surface area contributed by atoms with Gasteiger partial charge in [-0.3, -0.25) is 9.36 Å². The molecule has 1 saturated heterocycles. The predicted octanol–water partition coefficient (Wildman–Crippen LogP) is 2.90. The van der Waals surface area contributed by atoms with E-state index in [0.29, 0.717) is 38.7 Å². The lowest BCUT2D eigenvalue weighted by atomic mass is 10.1. The molecular formula is C25H29N5O4S. The molecule has 2 aliphatic rings. The smallest absolute Gasteiger partial charge is 0.230 e. The summed E-state index contributed by atoms with van der Waals surface area (Å²) in [4.78, 5) is 15.0. The van der Waals surface area contributed by atoms with Crippen LogP contribution in [0.25, 0.3) is 0 Å². The summed E-state index contributed by atoms with van der Waals surface area (Å²) in [6.07, 6.45) is 0. The summed E-state index contributed by atoms with van der Waals surface area (Å²) in [5.41, 5.74) is 2.12. The Morgan fingerprint density at radius 3 is 2.60 bits per heavy atom. The molecule has 0 aliphatic carbocycles. The van der Waals surface area contributed by atoms with E-state index in [4.69, 9.17) is 14.2 Å². The van der Waals surface area contributed by atoms with Gasteiger partial charge in [0, 0.05) is 13.1 Å². The van der Waals surface area contributed by atoms with Crippen LogP contribution in [0.4, 0.5) is 5.95 Å². The minimum atomic E-state index is -0.162. The third-order valence-electron chi connectivity index (χ3n) is 5.95. The highest BCUT2D eigenvalue weighted by Gasteiger charge is 2.22. The standard InChI is InChI=1S/C25H29N5O4S/c1-18(20-7-8-21-22(15-20)34-14-13-33-21)26-23(31)17-35-25-28-27-24(29-9-11-32-12-10-29)30(25)16-19-5-3-2-4-6-19/h2-8,15,18H,9-14,16-17H2,1H3,(H,26,31). The maximum absolute atomic E-state index is 12.8. The predicted molar refractivity (Wildman–Crippen MR) is 133 cm³/mol. The van der Waals surface area contributed by atoms with E-state index in [1.807, 2.05) is 43.3 Å². The molecule has 0 saturated carbocycles. The van der Waals surface area contributed by atoms with Crippen molar-refractivity contribution < 1.29 is 19.0 Å². The number of hydrogen-bond acceptors (Lipinski definition) is 8. The van der Waals surface area contributed by atoms with Crippen LogP contribution >= 0.6 is 11.8 Å². The Hall–Kier alpha value is -3.24. The number of carbonyl (C=O) groups excluding carboxylic acids is 1. The van der Waals surface area contributed by atoms with Gasteiger partial charge in [-0.1, -0.05) is 48.2 Å². The van der Waals surface area contributed by atoms with Crippen molar-refractivity contribution in [2.75, 3.05) is 50.2 Å². The average Bonchev–Trinajstić information content (AvgIpc) is 3.30. The molecule has 35 heavy (non-hydrogen) atoms. The number of fused-ring (bicyclic) bond motifs is 1. The van der Waals surface area contributed by atoms with Crippen molar-refractivity contribution >= 4 is 23.6 Å². The molecule has 0 spiro atoms. The summed E-state index contributed by atoms with van der Waals surface area (Å²) >= 11 is 1.39. The van der Waals surface area contributed by atoms with Crippen molar-refractivity contribution in [3.8, 4) is 11.5 Å². The van der Waals surface area contributed by atoms with Crippen LogP contribution in [0.15, 0.2) is 53.7 Å². The molecule has 1 atom stereocenters. The molecule has 1 aromatic heterocycles. The monoisotopic (exact) mass is 495 g/mol. The molecule has 1 fully saturated rings. The quantitative estimate of drug-likeness (QED) is 0.477. The summed E-state index contributed by atoms with van der Waals surface area (Å²) in [6, 6.07) is 15.8. The Bertz CT molecular complexity index is 1150. The number of thioether (sulfide) groups is 1. The number of anilines is 1. The average molecular weight is 496 g/mol. The van der Waals surface area contributed by atoms with E-state index in [1.165, 1.54) is 11.8 Å². The summed E-state index contributed by atoms with van der Waals surface area (Å²) in [7, 11) is 0. The van der Waals surface area contributed by atoms with Crippen molar-refractivity contribution in [2.24, 2.45) is 0 Å². The first kappa shape index (κ1) is 23.5. The molecule has 3 heterocycles. The van der Waals surface area contributed by atoms with Crippen LogP contribution in [0.1, 0.15) is 24.1 Å². The number of benzene rings is 2. The first-order chi connectivity index (χ1) is 17.2. The van der Waals surface area contributed by atoms with Crippen LogP contribution in [-0.4, -0.2) is 65.9 Å². The fourth-order valence-electron chi connectivity index (χ4n) is 4.12. The second-order valence-corrected chi connectivity index (χ2v) is 9.38. The Morgan fingerprint density at radius 2 is 1.80 bits per heavy atom. The van der Waals surface area contributed by atoms with Gasteiger partial charge in [0.2, 0.25) is 11.9 Å². The number of carbonyl (C=O) groups is 1. The number of nitrogens with zero attached hydrogens (tertiary/aromatic N) is 4. The molecule has 184 valence electrons. The highest BCUT2D eigenvalue weighted by atomic mass is 32.2. The second-order valence-electron chi connectivity index (χ2n) is 8.43. The summed E-state index contributed by atoms with van der Waals surface area (Å²) in [5.74, 6) is 2.44. The Morgan fingerprint density at radius 1 is 1.03 bits per heavy atom. The largest absolute Gasteiger partial charge is 0.486 e. The minimum Gasteiger partial charge on any atom is -0.486 e. The number of rotatable bonds is 8. The molecular weight excluding hydrogens is 466 g/mol. The number of morpholine rings is 1. The van der Waals surface area contributed by atoms with Crippen LogP contribution in [-0.2, 0) is 16.1 Å². The summed E-state index contributed by atoms with van der Waals surface area (Å²) in [6.45, 7) is 6.56. The molecule has 0 bridgehead atoms. The minimum absolute atomic E-state index is 0.0698. The molecule has 0 radical (unpaired) electrons. The van der Waals surface area contributed by atoms with Crippen molar-refractivity contribution in [1.82, 2.24) is 20.1 Å². The normalized spacial score (nSPS) is 16.1. The summed E-state index contributed by atoms with van der Waals surface area (Å²) < 4.78 is 18.8. The van der Waals surface area contributed by atoms with Crippen molar-refractivity contribution in [3.05, 3.63) is 59.7 Å². The van der Waals surface area contributed by atoms with Gasteiger partial charge in [0.25, 0.3) is 0 Å². The zero-order valence-electron chi connectivity index (χ0n) is 19.7. The van der Waals surface area contributed by atoms with Gasteiger partial charge < -0.3 is 24.4 Å². The molecule has 1 N–H and O–H groups in total. The Labute approximate surface area is 208 Å². The lowest BCUT2D eigenvalue weighted by molar-refractivity contribution is -0.119. The van der Waals surface area contributed by atoms with Crippen molar-refractivity contribution in [2.45, 2.75) is 24.7 Å². The van der Waals surface area contributed by atoms with Crippen LogP contribution in [0, 0.1) is 0 Å². The molecule has 1 unspecified atom stereocenters. The third kappa shape index (κ3) is 5.71. The van der Waals surface area contributed by atoms with Crippen molar-refractivity contribution in [1.29, 1.82) is 0 Å². The van der Waals surface area contributed by atoms with Crippen LogP contribution in [0.3, 0.4) is 0 Å². The topological polar surface area (TPSA) is 90.7 Å². The van der Waals surface area contributed by atoms with Crippen LogP contribution in [0.2, 0.25) is 0 Å². The van der Waals surface area contributed by atoms with E-state index in [0.717, 1.165) is 41.1 Å². The molecule has 2 aliphatic heterocycles. The molecule has 1 amide bonds. The highest BCUT2D eigenvalue weighted by molar-refractivity contribution is 7.99. The second kappa shape index (κ2) is 11.0. The molecule has 3 aromatic rings. The SMILES string of the molecule is CC(NC(=O)CSc1nnc(N2CCOCC2)n1Cc1ccccc1)c1ccc2c(c1)OCCO2. The Kier molecular flexibility index (Phi) is 7.39. The van der Waals surface area contributed by atoms with Gasteiger partial charge >= 0.3 is 0 Å². The molecule has 2 aromatic carbocycles. The Balaban J connectivity index is 1.25. The number of ether oxygens (including phenoxy) is 3. The van der Waals surface area contributed by atoms with E-state index in [-0.39, 0.29) is 17.7 Å². The van der Waals surface area contributed by atoms with Gasteiger partial charge in [-0.15, -0.1) is 10.2 Å². The first-order valence-electron chi connectivity index (χ1n) is 11.8. The van der Waals surface area contributed by atoms with Crippen molar-refractivity contribution in [3.63, 3.8) is 0 Å². The first-order valence-corrected chi connectivity index (χ1v) is 12.8. The zero-order chi connectivity index (χ0) is 24.0. The maximum atomic E-state index is 12.8. The van der Waals surface area contributed by atoms with E-state index in [1.54, 1.807) is 0 Å². The van der Waals surface area contributed by atoms with E-state index in [9.17, 15) is 4.79 Å². The van der Waals surface area contributed by atoms with Gasteiger partial charge in [-0.05, 0) is 30.2 Å². The number of hydrogen-bond donors (Lipinski definition) is 1. The molecule has 10 heteroatoms. The van der Waals surface area contributed by atoms with Crippen LogP contribution < -0.4 is 19.7 Å². The fraction of sp³-hybridized carbons (Fsp3) is 0.400. The highest BCUT2D eigenvalue weighted by Crippen LogP contribution is 2.32. The van der Waals surface area contributed by atoms with Crippen LogP contribution in [0.5, 0.6) is 11.5 Å². The number of nitrogens with one attached hydrogen (secondary N) is 1. The number of aromatic nitrogens is 3. The third-order valence-corrected chi connectivity index (χ3v) is 6.92. The van der Waals surface area contributed by atoms with Gasteiger partial charge in [0.05, 0.1) is 31.6 Å². The maximum Gasteiger partial charge on any atom is 0.230 e. The fourth-order valence-corrected chi connectivity index (χ4v) is 4.86. The lowest BCUT2D eigenvalue weighted by Crippen LogP contribution is -2.38. The molecule has 5 rings (SSSR count). The lowest BCUT2D eigenvalue weighted by Gasteiger charge is -2.28. The number of amides is 1. The van der Waals surface area contributed by atoms with Gasteiger partial charge in [-0.25, -0.2) is 0 Å². The van der Waals surface area contributed by atoms with E-state index < -0.39 is 0 Å². The summed E-state index contributed by atoms with van der Waals surface area (Å²) in [5, 5.41) is 12.7. The van der Waals surface area contributed by atoms with Gasteiger partial charge in [0.1, 0.15) is 13.2 Å². The van der Waals surface area contributed by atoms with E-state index in [2.05, 4.69) is 37.1 Å². The van der Waals surface area contributed by atoms with Gasteiger partial charge in [0.15, 0.2) is 16.7 Å². The zero-order valence-corrected chi connectivity index (χ0v) is 20.5. The molecule has 9 nitrogen and oxygen atoms in total. The van der Waals surface area contributed by atoms with Gasteiger partial charge in [-0.2, -0.15) is 0 Å². The van der Waals surface area contributed by atoms with E-state index >= 15 is 0 Å².